The summed E-state index contributed by atoms with van der Waals surface area (Å²) in [5.74, 6) is -1.49. The van der Waals surface area contributed by atoms with E-state index in [-0.39, 0.29) is 18.8 Å². The molecule has 0 bridgehead atoms. The molecule has 0 aromatic heterocycles. The van der Waals surface area contributed by atoms with Crippen LogP contribution >= 0.6 is 61.1 Å². The van der Waals surface area contributed by atoms with Crippen LogP contribution in [0.5, 0.6) is 5.75 Å². The summed E-state index contributed by atoms with van der Waals surface area (Å²) in [7, 11) is 0. The molecule has 2 aromatic carbocycles. The van der Waals surface area contributed by atoms with E-state index in [4.69, 9.17) is 9.47 Å². The van der Waals surface area contributed by atoms with Crippen LogP contribution in [0.2, 0.25) is 0 Å². The van der Waals surface area contributed by atoms with Gasteiger partial charge < -0.3 is 9.47 Å². The van der Waals surface area contributed by atoms with Crippen molar-refractivity contribution in [1.82, 2.24) is 5.32 Å². The topological polar surface area (TPSA) is 102 Å². The van der Waals surface area contributed by atoms with Crippen molar-refractivity contribution in [3.05, 3.63) is 59.1 Å². The quantitative estimate of drug-likeness (QED) is 0.207. The molecule has 0 radical (unpaired) electrons. The minimum atomic E-state index is -0.814. The third kappa shape index (κ3) is 5.67. The first-order valence-electron chi connectivity index (χ1n) is 9.15. The number of esters is 1. The number of rotatable bonds is 6. The summed E-state index contributed by atoms with van der Waals surface area (Å²) in [5, 5.41) is 2.20. The summed E-state index contributed by atoms with van der Waals surface area (Å²) in [4.78, 5) is 50.2. The van der Waals surface area contributed by atoms with Gasteiger partial charge in [-0.2, -0.15) is 0 Å². The van der Waals surface area contributed by atoms with Crippen LogP contribution in [-0.2, 0) is 19.1 Å². The van der Waals surface area contributed by atoms with Gasteiger partial charge >= 0.3 is 12.0 Å². The number of barbiturate groups is 1. The van der Waals surface area contributed by atoms with E-state index in [2.05, 4.69) is 21.2 Å². The molecule has 1 saturated heterocycles. The molecule has 0 unspecified atom stereocenters. The number of hydrogen-bond acceptors (Lipinski definition) is 6. The Labute approximate surface area is 219 Å². The Balaban J connectivity index is 1.89. The lowest BCUT2D eigenvalue weighted by molar-refractivity contribution is -0.145. The average molecular weight is 725 g/mol. The molecule has 1 aliphatic rings. The maximum atomic E-state index is 13.0. The predicted molar refractivity (Wildman–Crippen MR) is 137 cm³/mol. The van der Waals surface area contributed by atoms with Gasteiger partial charge in [0, 0.05) is 4.47 Å². The average Bonchev–Trinajstić information content (AvgIpc) is 2.72. The smallest absolute Gasteiger partial charge is 0.344 e. The number of ether oxygens (including phenoxy) is 2. The molecule has 8 nitrogen and oxygen atoms in total. The van der Waals surface area contributed by atoms with E-state index in [1.54, 1.807) is 43.3 Å². The van der Waals surface area contributed by atoms with Crippen LogP contribution in [0.15, 0.2) is 46.4 Å². The van der Waals surface area contributed by atoms with E-state index >= 15 is 0 Å². The SMILES string of the molecule is CCOC(=O)COc1c(I)cc(/C=C2\C(=O)NC(=O)N(c3ccc(Br)cc3)C2=O)cc1I. The number of amides is 4. The van der Waals surface area contributed by atoms with Crippen LogP contribution < -0.4 is 15.0 Å². The number of nitrogens with zero attached hydrogens (tertiary/aromatic N) is 1. The van der Waals surface area contributed by atoms with Crippen molar-refractivity contribution in [2.24, 2.45) is 0 Å². The van der Waals surface area contributed by atoms with Gasteiger partial charge in [-0.25, -0.2) is 14.5 Å². The fourth-order valence-electron chi connectivity index (χ4n) is 2.78. The monoisotopic (exact) mass is 724 g/mol. The molecule has 4 amide bonds. The molecule has 3 rings (SSSR count). The summed E-state index contributed by atoms with van der Waals surface area (Å²) in [6.07, 6.45) is 1.41. The van der Waals surface area contributed by atoms with Crippen molar-refractivity contribution in [2.75, 3.05) is 18.1 Å². The second-order valence-electron chi connectivity index (χ2n) is 6.34. The molecule has 1 aliphatic heterocycles. The van der Waals surface area contributed by atoms with Crippen LogP contribution in [0.25, 0.3) is 6.08 Å². The summed E-state index contributed by atoms with van der Waals surface area (Å²) >= 11 is 7.38. The molecular weight excluding hydrogens is 710 g/mol. The van der Waals surface area contributed by atoms with Crippen molar-refractivity contribution in [3.8, 4) is 5.75 Å². The Hall–Kier alpha value is -2.00. The molecule has 11 heteroatoms. The maximum Gasteiger partial charge on any atom is 0.344 e. The molecule has 1 fully saturated rings. The van der Waals surface area contributed by atoms with Crippen molar-refractivity contribution in [1.29, 1.82) is 0 Å². The van der Waals surface area contributed by atoms with E-state index in [0.29, 0.717) is 24.1 Å². The van der Waals surface area contributed by atoms with E-state index in [0.717, 1.165) is 9.37 Å². The van der Waals surface area contributed by atoms with Crippen molar-refractivity contribution in [3.63, 3.8) is 0 Å². The van der Waals surface area contributed by atoms with Gasteiger partial charge in [0.05, 0.1) is 19.4 Å². The first-order valence-corrected chi connectivity index (χ1v) is 12.1. The van der Waals surface area contributed by atoms with Crippen LogP contribution in [0.4, 0.5) is 10.5 Å². The Bertz CT molecular complexity index is 1110. The lowest BCUT2D eigenvalue weighted by atomic mass is 10.1. The van der Waals surface area contributed by atoms with Gasteiger partial charge in [-0.3, -0.25) is 14.9 Å². The maximum absolute atomic E-state index is 13.0. The highest BCUT2D eigenvalue weighted by Gasteiger charge is 2.36. The van der Waals surface area contributed by atoms with E-state index in [9.17, 15) is 19.2 Å². The number of carbonyl (C=O) groups excluding carboxylic acids is 4. The molecule has 2 aromatic rings. The second-order valence-corrected chi connectivity index (χ2v) is 9.58. The van der Waals surface area contributed by atoms with Crippen molar-refractivity contribution < 1.29 is 28.7 Å². The second kappa shape index (κ2) is 10.7. The third-order valence-electron chi connectivity index (χ3n) is 4.16. The minimum absolute atomic E-state index is 0.181. The zero-order valence-electron chi connectivity index (χ0n) is 16.5. The Morgan fingerprint density at radius 2 is 1.75 bits per heavy atom. The summed E-state index contributed by atoms with van der Waals surface area (Å²) in [6, 6.07) is 9.16. The molecule has 0 atom stereocenters. The number of urea groups is 1. The highest BCUT2D eigenvalue weighted by molar-refractivity contribution is 14.1. The fourth-order valence-corrected chi connectivity index (χ4v) is 5.18. The van der Waals surface area contributed by atoms with Crippen molar-refractivity contribution >= 4 is 96.7 Å². The number of benzene rings is 2. The van der Waals surface area contributed by atoms with Gasteiger partial charge in [0.25, 0.3) is 11.8 Å². The molecule has 0 saturated carbocycles. The molecule has 1 N–H and O–H groups in total. The highest BCUT2D eigenvalue weighted by Crippen LogP contribution is 2.31. The predicted octanol–water partition coefficient (Wildman–Crippen LogP) is 4.27. The van der Waals surface area contributed by atoms with Crippen molar-refractivity contribution in [2.45, 2.75) is 6.92 Å². The Kier molecular flexibility index (Phi) is 8.27. The largest absolute Gasteiger partial charge is 0.480 e. The van der Waals surface area contributed by atoms with Gasteiger partial charge in [0.2, 0.25) is 0 Å². The zero-order chi connectivity index (χ0) is 23.4. The third-order valence-corrected chi connectivity index (χ3v) is 6.29. The van der Waals surface area contributed by atoms with Gasteiger partial charge in [0.1, 0.15) is 11.3 Å². The Morgan fingerprint density at radius 3 is 2.34 bits per heavy atom. The number of anilines is 1. The van der Waals surface area contributed by atoms with Crippen LogP contribution in [0.1, 0.15) is 12.5 Å². The van der Waals surface area contributed by atoms with E-state index in [1.165, 1.54) is 6.08 Å². The van der Waals surface area contributed by atoms with Crippen LogP contribution in [0.3, 0.4) is 0 Å². The molecule has 1 heterocycles. The Morgan fingerprint density at radius 1 is 1.12 bits per heavy atom. The molecule has 0 spiro atoms. The molecule has 0 aliphatic carbocycles. The fraction of sp³-hybridized carbons (Fsp3) is 0.143. The number of carbonyl (C=O) groups is 4. The van der Waals surface area contributed by atoms with E-state index < -0.39 is 23.8 Å². The van der Waals surface area contributed by atoms with Gasteiger partial charge in [-0.1, -0.05) is 15.9 Å². The van der Waals surface area contributed by atoms with Crippen LogP contribution in [-0.4, -0.2) is 37.0 Å². The molecular formula is C21H15BrI2N2O6. The number of imide groups is 2. The van der Waals surface area contributed by atoms with Crippen LogP contribution in [0, 0.1) is 7.14 Å². The molecule has 32 heavy (non-hydrogen) atoms. The summed E-state index contributed by atoms with van der Waals surface area (Å²) in [6.45, 7) is 1.74. The first kappa shape index (κ1) is 24.6. The lowest BCUT2D eigenvalue weighted by Gasteiger charge is -2.26. The minimum Gasteiger partial charge on any atom is -0.480 e. The summed E-state index contributed by atoms with van der Waals surface area (Å²) < 4.78 is 12.5. The number of halogens is 3. The zero-order valence-corrected chi connectivity index (χ0v) is 22.4. The van der Waals surface area contributed by atoms with E-state index in [1.807, 2.05) is 45.2 Å². The van der Waals surface area contributed by atoms with Gasteiger partial charge in [-0.05, 0) is 100 Å². The normalized spacial score (nSPS) is 15.1. The standard InChI is InChI=1S/C21H15BrI2N2O6/c1-2-31-17(27)10-32-18-15(23)8-11(9-16(18)24)7-14-19(28)25-21(30)26(20(14)29)13-5-3-12(22)4-6-13/h3-9H,2,10H2,1H3,(H,25,28,30)/b14-7+. The lowest BCUT2D eigenvalue weighted by Crippen LogP contribution is -2.54. The number of hydrogen-bond donors (Lipinski definition) is 1. The van der Waals surface area contributed by atoms with Gasteiger partial charge in [0.15, 0.2) is 6.61 Å². The van der Waals surface area contributed by atoms with Gasteiger partial charge in [-0.15, -0.1) is 0 Å². The summed E-state index contributed by atoms with van der Waals surface area (Å²) in [5.41, 5.74) is 0.714. The molecule has 166 valence electrons. The number of nitrogens with one attached hydrogen (secondary N) is 1. The highest BCUT2D eigenvalue weighted by atomic mass is 127. The first-order chi connectivity index (χ1) is 15.2.